The maximum absolute atomic E-state index is 3.68. The molecule has 0 bridgehead atoms. The Morgan fingerprint density at radius 3 is 3.00 bits per heavy atom. The first-order valence-electron chi connectivity index (χ1n) is 2.76. The van der Waals surface area contributed by atoms with Gasteiger partial charge in [0.05, 0.1) is 5.69 Å². The number of anilines is 1. The third kappa shape index (κ3) is 1.13. The molecule has 1 N–H and O–H groups in total. The van der Waals surface area contributed by atoms with Crippen LogP contribution in [0.3, 0.4) is 0 Å². The Balaban J connectivity index is 2.98. The number of nitrogens with one attached hydrogen (secondary N) is 1. The summed E-state index contributed by atoms with van der Waals surface area (Å²) >= 11 is 1.69. The molecule has 0 aliphatic heterocycles. The zero-order valence-electron chi connectivity index (χ0n) is 5.35. The van der Waals surface area contributed by atoms with E-state index in [1.807, 2.05) is 24.6 Å². The molecule has 0 atom stereocenters. The van der Waals surface area contributed by atoms with Gasteiger partial charge in [-0.1, -0.05) is 12.7 Å². The zero-order chi connectivity index (χ0) is 6.69. The van der Waals surface area contributed by atoms with E-state index in [1.54, 1.807) is 11.3 Å². The van der Waals surface area contributed by atoms with E-state index in [-0.39, 0.29) is 0 Å². The average molecular weight is 139 g/mol. The minimum absolute atomic E-state index is 1.16. The molecule has 0 fully saturated rings. The first-order chi connectivity index (χ1) is 4.38. The number of rotatable bonds is 2. The molecular weight excluding hydrogens is 130 g/mol. The second kappa shape index (κ2) is 2.69. The smallest absolute Gasteiger partial charge is 0.0520 e. The van der Waals surface area contributed by atoms with Gasteiger partial charge in [0.2, 0.25) is 0 Å². The van der Waals surface area contributed by atoms with Crippen LogP contribution in [-0.2, 0) is 0 Å². The lowest BCUT2D eigenvalue weighted by molar-refractivity contribution is 1.55. The fourth-order valence-electron chi connectivity index (χ4n) is 0.686. The van der Waals surface area contributed by atoms with E-state index < -0.39 is 0 Å². The molecule has 0 saturated carbocycles. The summed E-state index contributed by atoms with van der Waals surface area (Å²) in [4.78, 5) is 1.21. The number of hydrogen-bond acceptors (Lipinski definition) is 2. The first kappa shape index (κ1) is 6.36. The summed E-state index contributed by atoms with van der Waals surface area (Å²) in [7, 11) is 1.91. The van der Waals surface area contributed by atoms with Crippen LogP contribution in [0.5, 0.6) is 0 Å². The molecule has 0 aliphatic carbocycles. The third-order valence-corrected chi connectivity index (χ3v) is 2.06. The lowest BCUT2D eigenvalue weighted by Gasteiger charge is -1.94. The van der Waals surface area contributed by atoms with E-state index in [2.05, 4.69) is 11.9 Å². The lowest BCUT2D eigenvalue weighted by Crippen LogP contribution is -1.85. The van der Waals surface area contributed by atoms with Gasteiger partial charge in [0.15, 0.2) is 0 Å². The van der Waals surface area contributed by atoms with E-state index in [1.165, 1.54) is 4.88 Å². The summed E-state index contributed by atoms with van der Waals surface area (Å²) in [6, 6.07) is 2.04. The maximum Gasteiger partial charge on any atom is 0.0520 e. The van der Waals surface area contributed by atoms with Crippen molar-refractivity contribution in [2.75, 3.05) is 12.4 Å². The minimum Gasteiger partial charge on any atom is -0.387 e. The Labute approximate surface area is 59.0 Å². The van der Waals surface area contributed by atoms with Crippen LogP contribution in [0.4, 0.5) is 5.69 Å². The highest BCUT2D eigenvalue weighted by molar-refractivity contribution is 7.11. The van der Waals surface area contributed by atoms with Crippen molar-refractivity contribution in [2.24, 2.45) is 0 Å². The van der Waals surface area contributed by atoms with E-state index in [0.717, 1.165) is 5.69 Å². The van der Waals surface area contributed by atoms with E-state index in [4.69, 9.17) is 0 Å². The van der Waals surface area contributed by atoms with Crippen molar-refractivity contribution in [3.8, 4) is 0 Å². The SMILES string of the molecule is C=Cc1sccc1NC. The molecule has 1 nitrogen and oxygen atoms in total. The van der Waals surface area contributed by atoms with Gasteiger partial charge in [-0.25, -0.2) is 0 Å². The van der Waals surface area contributed by atoms with Crippen molar-refractivity contribution >= 4 is 23.1 Å². The Hall–Kier alpha value is -0.760. The monoisotopic (exact) mass is 139 g/mol. The standard InChI is InChI=1S/C7H9NS/c1-3-7-6(8-2)4-5-9-7/h3-5,8H,1H2,2H3. The van der Waals surface area contributed by atoms with Crippen LogP contribution in [0.2, 0.25) is 0 Å². The van der Waals surface area contributed by atoms with Gasteiger partial charge in [0, 0.05) is 11.9 Å². The summed E-state index contributed by atoms with van der Waals surface area (Å²) in [5, 5.41) is 5.11. The van der Waals surface area contributed by atoms with E-state index in [0.29, 0.717) is 0 Å². The first-order valence-corrected chi connectivity index (χ1v) is 3.64. The fraction of sp³-hybridized carbons (Fsp3) is 0.143. The summed E-state index contributed by atoms with van der Waals surface area (Å²) in [6.07, 6.45) is 1.86. The van der Waals surface area contributed by atoms with Crippen molar-refractivity contribution in [3.05, 3.63) is 22.9 Å². The molecule has 0 radical (unpaired) electrons. The van der Waals surface area contributed by atoms with Crippen LogP contribution in [0.1, 0.15) is 4.88 Å². The van der Waals surface area contributed by atoms with Crippen molar-refractivity contribution in [1.82, 2.24) is 0 Å². The van der Waals surface area contributed by atoms with Gasteiger partial charge in [-0.05, 0) is 11.4 Å². The molecule has 1 aromatic heterocycles. The van der Waals surface area contributed by atoms with Crippen LogP contribution in [0.15, 0.2) is 18.0 Å². The van der Waals surface area contributed by atoms with Gasteiger partial charge in [0.1, 0.15) is 0 Å². The fourth-order valence-corrected chi connectivity index (χ4v) is 1.43. The highest BCUT2D eigenvalue weighted by atomic mass is 32.1. The van der Waals surface area contributed by atoms with Gasteiger partial charge >= 0.3 is 0 Å². The molecule has 2 heteroatoms. The predicted molar refractivity (Wildman–Crippen MR) is 44.0 cm³/mol. The molecule has 0 spiro atoms. The van der Waals surface area contributed by atoms with Gasteiger partial charge in [-0.15, -0.1) is 11.3 Å². The molecule has 0 aromatic carbocycles. The zero-order valence-corrected chi connectivity index (χ0v) is 6.16. The van der Waals surface area contributed by atoms with Crippen LogP contribution >= 0.6 is 11.3 Å². The van der Waals surface area contributed by atoms with Crippen molar-refractivity contribution < 1.29 is 0 Å². The molecule has 0 saturated heterocycles. The van der Waals surface area contributed by atoms with Crippen molar-refractivity contribution in [1.29, 1.82) is 0 Å². The topological polar surface area (TPSA) is 12.0 Å². The highest BCUT2D eigenvalue weighted by Crippen LogP contribution is 2.21. The lowest BCUT2D eigenvalue weighted by atomic mass is 10.4. The molecular formula is C7H9NS. The third-order valence-electron chi connectivity index (χ3n) is 1.15. The predicted octanol–water partition coefficient (Wildman–Crippen LogP) is 2.43. The average Bonchev–Trinajstić information content (AvgIpc) is 2.33. The largest absolute Gasteiger partial charge is 0.387 e. The van der Waals surface area contributed by atoms with E-state index >= 15 is 0 Å². The van der Waals surface area contributed by atoms with Crippen molar-refractivity contribution in [3.63, 3.8) is 0 Å². The quantitative estimate of drug-likeness (QED) is 0.663. The minimum atomic E-state index is 1.16. The number of hydrogen-bond donors (Lipinski definition) is 1. The van der Waals surface area contributed by atoms with Crippen LogP contribution < -0.4 is 5.32 Å². The Morgan fingerprint density at radius 1 is 1.78 bits per heavy atom. The molecule has 1 aromatic rings. The van der Waals surface area contributed by atoms with Gasteiger partial charge < -0.3 is 5.32 Å². The highest BCUT2D eigenvalue weighted by Gasteiger charge is 1.94. The number of thiophene rings is 1. The van der Waals surface area contributed by atoms with E-state index in [9.17, 15) is 0 Å². The summed E-state index contributed by atoms with van der Waals surface area (Å²) < 4.78 is 0. The van der Waals surface area contributed by atoms with Gasteiger partial charge in [-0.2, -0.15) is 0 Å². The summed E-state index contributed by atoms with van der Waals surface area (Å²) in [5.41, 5.74) is 1.16. The molecule has 9 heavy (non-hydrogen) atoms. The van der Waals surface area contributed by atoms with Gasteiger partial charge in [0.25, 0.3) is 0 Å². The molecule has 0 aliphatic rings. The Bertz CT molecular complexity index is 202. The summed E-state index contributed by atoms with van der Waals surface area (Å²) in [5.74, 6) is 0. The maximum atomic E-state index is 3.68. The summed E-state index contributed by atoms with van der Waals surface area (Å²) in [6.45, 7) is 3.68. The van der Waals surface area contributed by atoms with Crippen molar-refractivity contribution in [2.45, 2.75) is 0 Å². The molecule has 0 unspecified atom stereocenters. The second-order valence-electron chi connectivity index (χ2n) is 1.65. The van der Waals surface area contributed by atoms with Crippen LogP contribution in [0, 0.1) is 0 Å². The second-order valence-corrected chi connectivity index (χ2v) is 2.60. The van der Waals surface area contributed by atoms with Crippen LogP contribution in [-0.4, -0.2) is 7.05 Å². The molecule has 1 heterocycles. The van der Waals surface area contributed by atoms with Crippen LogP contribution in [0.25, 0.3) is 6.08 Å². The normalized spacial score (nSPS) is 9.00. The Morgan fingerprint density at radius 2 is 2.56 bits per heavy atom. The molecule has 1 rings (SSSR count). The Kier molecular flexibility index (Phi) is 1.90. The molecule has 0 amide bonds. The molecule has 48 valence electrons. The van der Waals surface area contributed by atoms with Gasteiger partial charge in [-0.3, -0.25) is 0 Å².